The molecule has 2 nitrogen and oxygen atoms in total. The molecule has 1 aromatic rings. The molecule has 0 aliphatic rings. The van der Waals surface area contributed by atoms with Gasteiger partial charge < -0.3 is 9.84 Å². The van der Waals surface area contributed by atoms with Gasteiger partial charge in [0, 0.05) is 12.0 Å². The summed E-state index contributed by atoms with van der Waals surface area (Å²) in [5, 5.41) is 9.13. The quantitative estimate of drug-likeness (QED) is 0.589. The van der Waals surface area contributed by atoms with Crippen molar-refractivity contribution in [3.63, 3.8) is 0 Å². The Morgan fingerprint density at radius 1 is 1.47 bits per heavy atom. The fourth-order valence-corrected chi connectivity index (χ4v) is 1.33. The van der Waals surface area contributed by atoms with Crippen LogP contribution in [0.25, 0.3) is 0 Å². The molecule has 0 radical (unpaired) electrons. The molecule has 0 heterocycles. The average Bonchev–Trinajstić information content (AvgIpc) is 2.26. The highest BCUT2D eigenvalue weighted by Crippen LogP contribution is 2.20. The predicted molar refractivity (Wildman–Crippen MR) is 60.7 cm³/mol. The number of aryl methyl sites for hydroxylation is 1. The van der Waals surface area contributed by atoms with Gasteiger partial charge in [0.2, 0.25) is 0 Å². The molecule has 0 atom stereocenters. The molecule has 0 aromatic heterocycles. The SMILES string of the molecule is C#CCCCOc1ccc(C)cc1CO. The highest BCUT2D eigenvalue weighted by molar-refractivity contribution is 5.36. The van der Waals surface area contributed by atoms with Crippen molar-refractivity contribution in [3.05, 3.63) is 29.3 Å². The Labute approximate surface area is 90.9 Å². The number of aliphatic hydroxyl groups excluding tert-OH is 1. The number of hydrogen-bond donors (Lipinski definition) is 1. The Kier molecular flexibility index (Phi) is 4.73. The fraction of sp³-hybridized carbons (Fsp3) is 0.385. The Bertz CT molecular complexity index is 350. The van der Waals surface area contributed by atoms with Crippen molar-refractivity contribution in [1.82, 2.24) is 0 Å². The third kappa shape index (κ3) is 3.65. The molecule has 0 saturated heterocycles. The lowest BCUT2D eigenvalue weighted by molar-refractivity contribution is 0.261. The minimum atomic E-state index is 0.00610. The number of aliphatic hydroxyl groups is 1. The van der Waals surface area contributed by atoms with Crippen LogP contribution < -0.4 is 4.74 Å². The van der Waals surface area contributed by atoms with E-state index >= 15 is 0 Å². The molecule has 0 amide bonds. The van der Waals surface area contributed by atoms with Crippen molar-refractivity contribution in [2.45, 2.75) is 26.4 Å². The fourth-order valence-electron chi connectivity index (χ4n) is 1.33. The van der Waals surface area contributed by atoms with Gasteiger partial charge in [0.15, 0.2) is 0 Å². The van der Waals surface area contributed by atoms with Gasteiger partial charge in [0.1, 0.15) is 5.75 Å². The van der Waals surface area contributed by atoms with Gasteiger partial charge in [-0.1, -0.05) is 17.7 Å². The zero-order chi connectivity index (χ0) is 11.1. The summed E-state index contributed by atoms with van der Waals surface area (Å²) >= 11 is 0. The van der Waals surface area contributed by atoms with E-state index in [1.165, 1.54) is 0 Å². The average molecular weight is 204 g/mol. The van der Waals surface area contributed by atoms with Crippen molar-refractivity contribution in [1.29, 1.82) is 0 Å². The minimum absolute atomic E-state index is 0.00610. The van der Waals surface area contributed by atoms with E-state index in [1.807, 2.05) is 25.1 Å². The molecule has 0 aliphatic carbocycles. The van der Waals surface area contributed by atoms with Crippen LogP contribution in [0, 0.1) is 19.3 Å². The second-order valence-corrected chi connectivity index (χ2v) is 3.43. The lowest BCUT2D eigenvalue weighted by Gasteiger charge is -2.10. The van der Waals surface area contributed by atoms with Crippen LogP contribution in [0.3, 0.4) is 0 Å². The number of ether oxygens (including phenoxy) is 1. The maximum absolute atomic E-state index is 9.13. The molecule has 80 valence electrons. The third-order valence-electron chi connectivity index (χ3n) is 2.11. The van der Waals surface area contributed by atoms with Crippen LogP contribution >= 0.6 is 0 Å². The van der Waals surface area contributed by atoms with E-state index in [0.717, 1.165) is 29.7 Å². The predicted octanol–water partition coefficient (Wildman–Crippen LogP) is 2.28. The molecule has 15 heavy (non-hydrogen) atoms. The Morgan fingerprint density at radius 2 is 2.27 bits per heavy atom. The topological polar surface area (TPSA) is 29.5 Å². The number of hydrogen-bond acceptors (Lipinski definition) is 2. The van der Waals surface area contributed by atoms with E-state index in [4.69, 9.17) is 16.3 Å². The van der Waals surface area contributed by atoms with Crippen molar-refractivity contribution in [2.24, 2.45) is 0 Å². The summed E-state index contributed by atoms with van der Waals surface area (Å²) in [5.41, 5.74) is 1.95. The van der Waals surface area contributed by atoms with Gasteiger partial charge in [-0.3, -0.25) is 0 Å². The van der Waals surface area contributed by atoms with Crippen molar-refractivity contribution in [3.8, 4) is 18.1 Å². The summed E-state index contributed by atoms with van der Waals surface area (Å²) in [6.45, 7) is 2.59. The van der Waals surface area contributed by atoms with Crippen molar-refractivity contribution in [2.75, 3.05) is 6.61 Å². The van der Waals surface area contributed by atoms with Crippen LogP contribution in [0.2, 0.25) is 0 Å². The zero-order valence-corrected chi connectivity index (χ0v) is 8.99. The van der Waals surface area contributed by atoms with E-state index in [0.29, 0.717) is 6.61 Å². The van der Waals surface area contributed by atoms with Gasteiger partial charge >= 0.3 is 0 Å². The van der Waals surface area contributed by atoms with Gasteiger partial charge in [-0.25, -0.2) is 0 Å². The van der Waals surface area contributed by atoms with Gasteiger partial charge in [0.05, 0.1) is 13.2 Å². The first kappa shape index (κ1) is 11.6. The monoisotopic (exact) mass is 204 g/mol. The number of rotatable bonds is 5. The maximum Gasteiger partial charge on any atom is 0.124 e. The second-order valence-electron chi connectivity index (χ2n) is 3.43. The lowest BCUT2D eigenvalue weighted by Crippen LogP contribution is -2.00. The molecule has 0 saturated carbocycles. The number of benzene rings is 1. The van der Waals surface area contributed by atoms with E-state index in [2.05, 4.69) is 5.92 Å². The minimum Gasteiger partial charge on any atom is -0.493 e. The van der Waals surface area contributed by atoms with Gasteiger partial charge in [0.25, 0.3) is 0 Å². The molecule has 0 unspecified atom stereocenters. The number of unbranched alkanes of at least 4 members (excludes halogenated alkanes) is 1. The molecular weight excluding hydrogens is 188 g/mol. The van der Waals surface area contributed by atoms with Crippen LogP contribution in [-0.2, 0) is 6.61 Å². The molecule has 0 bridgehead atoms. The van der Waals surface area contributed by atoms with Crippen LogP contribution in [0.4, 0.5) is 0 Å². The van der Waals surface area contributed by atoms with E-state index < -0.39 is 0 Å². The van der Waals surface area contributed by atoms with Crippen LogP contribution in [0.15, 0.2) is 18.2 Å². The van der Waals surface area contributed by atoms with Crippen LogP contribution in [-0.4, -0.2) is 11.7 Å². The molecule has 1 rings (SSSR count). The first-order chi connectivity index (χ1) is 7.27. The molecule has 1 aromatic carbocycles. The largest absolute Gasteiger partial charge is 0.493 e. The van der Waals surface area contributed by atoms with Gasteiger partial charge in [-0.15, -0.1) is 12.3 Å². The second kappa shape index (κ2) is 6.10. The smallest absolute Gasteiger partial charge is 0.124 e. The number of terminal acetylenes is 1. The van der Waals surface area contributed by atoms with Gasteiger partial charge in [-0.05, 0) is 19.4 Å². The van der Waals surface area contributed by atoms with E-state index in [-0.39, 0.29) is 6.61 Å². The normalized spacial score (nSPS) is 9.67. The Morgan fingerprint density at radius 3 is 2.93 bits per heavy atom. The molecular formula is C13H16O2. The van der Waals surface area contributed by atoms with Crippen molar-refractivity contribution >= 4 is 0 Å². The van der Waals surface area contributed by atoms with E-state index in [9.17, 15) is 0 Å². The van der Waals surface area contributed by atoms with Crippen LogP contribution in [0.1, 0.15) is 24.0 Å². The molecule has 0 spiro atoms. The summed E-state index contributed by atoms with van der Waals surface area (Å²) in [6.07, 6.45) is 6.70. The van der Waals surface area contributed by atoms with E-state index in [1.54, 1.807) is 0 Å². The third-order valence-corrected chi connectivity index (χ3v) is 2.11. The highest BCUT2D eigenvalue weighted by Gasteiger charge is 2.02. The van der Waals surface area contributed by atoms with Gasteiger partial charge in [-0.2, -0.15) is 0 Å². The standard InChI is InChI=1S/C13H16O2/c1-3-4-5-8-15-13-7-6-11(2)9-12(13)10-14/h1,6-7,9,14H,4-5,8,10H2,2H3. The Balaban J connectivity index is 2.57. The first-order valence-electron chi connectivity index (χ1n) is 5.04. The molecule has 2 heteroatoms. The zero-order valence-electron chi connectivity index (χ0n) is 8.99. The van der Waals surface area contributed by atoms with Crippen LogP contribution in [0.5, 0.6) is 5.75 Å². The summed E-state index contributed by atoms with van der Waals surface area (Å²) < 4.78 is 5.53. The summed E-state index contributed by atoms with van der Waals surface area (Å²) in [5.74, 6) is 3.31. The molecule has 1 N–H and O–H groups in total. The molecule has 0 fully saturated rings. The summed E-state index contributed by atoms with van der Waals surface area (Å²) in [6, 6.07) is 5.78. The van der Waals surface area contributed by atoms with Crippen molar-refractivity contribution < 1.29 is 9.84 Å². The lowest BCUT2D eigenvalue weighted by atomic mass is 10.1. The molecule has 0 aliphatic heterocycles. The summed E-state index contributed by atoms with van der Waals surface area (Å²) in [4.78, 5) is 0. The maximum atomic E-state index is 9.13. The Hall–Kier alpha value is -1.46. The first-order valence-corrected chi connectivity index (χ1v) is 5.04. The highest BCUT2D eigenvalue weighted by atomic mass is 16.5. The summed E-state index contributed by atoms with van der Waals surface area (Å²) in [7, 11) is 0.